The smallest absolute Gasteiger partial charge is 0.337 e. The SMILES string of the molecule is CCC(Sc1cccc(NC(=O)c2ccc(OC)cc2)c1)C(=O)Nc1ccc(Cl)c(C(=O)O)c1. The second-order valence-electron chi connectivity index (χ2n) is 7.21. The van der Waals surface area contributed by atoms with Crippen LogP contribution in [-0.4, -0.2) is 35.2 Å². The number of carboxylic acids is 1. The molecular weight excluding hydrogens is 476 g/mol. The summed E-state index contributed by atoms with van der Waals surface area (Å²) < 4.78 is 5.11. The number of aromatic carboxylic acids is 1. The van der Waals surface area contributed by atoms with Crippen molar-refractivity contribution in [3.05, 3.63) is 82.9 Å². The molecule has 0 saturated carbocycles. The fourth-order valence-electron chi connectivity index (χ4n) is 3.07. The summed E-state index contributed by atoms with van der Waals surface area (Å²) in [5, 5.41) is 14.5. The van der Waals surface area contributed by atoms with Gasteiger partial charge in [-0.15, -0.1) is 11.8 Å². The van der Waals surface area contributed by atoms with E-state index in [0.717, 1.165) is 4.90 Å². The van der Waals surface area contributed by atoms with Crippen LogP contribution in [0.3, 0.4) is 0 Å². The molecule has 34 heavy (non-hydrogen) atoms. The normalized spacial score (nSPS) is 11.4. The van der Waals surface area contributed by atoms with E-state index in [9.17, 15) is 19.5 Å². The standard InChI is InChI=1S/C25H23ClN2O5S/c1-3-22(24(30)28-17-9-12-21(26)20(14-17)25(31)32)34-19-6-4-5-16(13-19)27-23(29)15-7-10-18(33-2)11-8-15/h4-14,22H,3H2,1-2H3,(H,27,29)(H,28,30)(H,31,32). The number of halogens is 1. The van der Waals surface area contributed by atoms with Crippen LogP contribution in [0.2, 0.25) is 5.02 Å². The summed E-state index contributed by atoms with van der Waals surface area (Å²) in [6, 6.07) is 18.3. The fourth-order valence-corrected chi connectivity index (χ4v) is 4.28. The van der Waals surface area contributed by atoms with Crippen LogP contribution in [0.15, 0.2) is 71.6 Å². The Bertz CT molecular complexity index is 1200. The average molecular weight is 499 g/mol. The minimum Gasteiger partial charge on any atom is -0.497 e. The lowest BCUT2D eigenvalue weighted by molar-refractivity contribution is -0.115. The Morgan fingerprint density at radius 1 is 1.00 bits per heavy atom. The number of thioether (sulfide) groups is 1. The highest BCUT2D eigenvalue weighted by molar-refractivity contribution is 8.00. The molecule has 0 aliphatic carbocycles. The molecule has 3 rings (SSSR count). The van der Waals surface area contributed by atoms with Crippen LogP contribution in [-0.2, 0) is 4.79 Å². The molecule has 0 saturated heterocycles. The molecule has 9 heteroatoms. The molecular formula is C25H23ClN2O5S. The third-order valence-electron chi connectivity index (χ3n) is 4.85. The van der Waals surface area contributed by atoms with Gasteiger partial charge in [0.2, 0.25) is 5.91 Å². The van der Waals surface area contributed by atoms with Crippen molar-refractivity contribution >= 4 is 52.5 Å². The van der Waals surface area contributed by atoms with E-state index in [2.05, 4.69) is 10.6 Å². The predicted octanol–water partition coefficient (Wildman–Crippen LogP) is 5.81. The molecule has 2 amide bonds. The second-order valence-corrected chi connectivity index (χ2v) is 8.90. The Hall–Kier alpha value is -3.49. The predicted molar refractivity (Wildman–Crippen MR) is 134 cm³/mol. The van der Waals surface area contributed by atoms with E-state index in [1.54, 1.807) is 55.6 Å². The highest BCUT2D eigenvalue weighted by atomic mass is 35.5. The van der Waals surface area contributed by atoms with Crippen LogP contribution in [0.1, 0.15) is 34.1 Å². The van der Waals surface area contributed by atoms with Gasteiger partial charge in [-0.05, 0) is 67.1 Å². The molecule has 0 radical (unpaired) electrons. The summed E-state index contributed by atoms with van der Waals surface area (Å²) in [5.74, 6) is -1.03. The molecule has 7 nitrogen and oxygen atoms in total. The van der Waals surface area contributed by atoms with Gasteiger partial charge in [0.05, 0.1) is 22.9 Å². The molecule has 3 N–H and O–H groups in total. The number of benzene rings is 3. The third-order valence-corrected chi connectivity index (χ3v) is 6.54. The van der Waals surface area contributed by atoms with Crippen molar-refractivity contribution in [1.29, 1.82) is 0 Å². The summed E-state index contributed by atoms with van der Waals surface area (Å²) in [5.41, 5.74) is 1.37. The molecule has 0 aromatic heterocycles. The van der Waals surface area contributed by atoms with Gasteiger partial charge in [-0.25, -0.2) is 4.79 Å². The minimum absolute atomic E-state index is 0.0829. The first-order valence-corrected chi connectivity index (χ1v) is 11.6. The molecule has 0 aliphatic rings. The Morgan fingerprint density at radius 2 is 1.71 bits per heavy atom. The third kappa shape index (κ3) is 6.52. The summed E-state index contributed by atoms with van der Waals surface area (Å²) >= 11 is 7.24. The van der Waals surface area contributed by atoms with Crippen LogP contribution in [0.25, 0.3) is 0 Å². The monoisotopic (exact) mass is 498 g/mol. The number of hydrogen-bond acceptors (Lipinski definition) is 5. The molecule has 0 heterocycles. The van der Waals surface area contributed by atoms with Gasteiger partial charge in [-0.2, -0.15) is 0 Å². The molecule has 3 aromatic carbocycles. The summed E-state index contributed by atoms with van der Waals surface area (Å²) in [7, 11) is 1.56. The van der Waals surface area contributed by atoms with Crippen LogP contribution >= 0.6 is 23.4 Å². The van der Waals surface area contributed by atoms with Gasteiger partial charge in [-0.3, -0.25) is 9.59 Å². The van der Waals surface area contributed by atoms with Crippen molar-refractivity contribution in [3.63, 3.8) is 0 Å². The van der Waals surface area contributed by atoms with Crippen LogP contribution in [0, 0.1) is 0 Å². The number of amides is 2. The van der Waals surface area contributed by atoms with E-state index in [1.165, 1.54) is 23.9 Å². The van der Waals surface area contributed by atoms with Crippen molar-refractivity contribution in [1.82, 2.24) is 0 Å². The van der Waals surface area contributed by atoms with E-state index in [4.69, 9.17) is 16.3 Å². The molecule has 0 aliphatic heterocycles. The fraction of sp³-hybridized carbons (Fsp3) is 0.160. The summed E-state index contributed by atoms with van der Waals surface area (Å²) in [6.07, 6.45) is 0.540. The van der Waals surface area contributed by atoms with Gasteiger partial charge in [0.15, 0.2) is 0 Å². The first-order chi connectivity index (χ1) is 16.3. The number of rotatable bonds is 9. The number of hydrogen-bond donors (Lipinski definition) is 3. The van der Waals surface area contributed by atoms with E-state index < -0.39 is 11.2 Å². The first-order valence-electron chi connectivity index (χ1n) is 10.4. The number of carbonyl (C=O) groups excluding carboxylic acids is 2. The van der Waals surface area contributed by atoms with E-state index in [0.29, 0.717) is 29.1 Å². The minimum atomic E-state index is -1.17. The van der Waals surface area contributed by atoms with Crippen molar-refractivity contribution in [2.75, 3.05) is 17.7 Å². The molecule has 1 unspecified atom stereocenters. The zero-order valence-corrected chi connectivity index (χ0v) is 20.1. The Morgan fingerprint density at radius 3 is 2.35 bits per heavy atom. The topological polar surface area (TPSA) is 105 Å². The molecule has 0 spiro atoms. The summed E-state index contributed by atoms with van der Waals surface area (Å²) in [6.45, 7) is 1.89. The molecule has 3 aromatic rings. The Kier molecular flexibility index (Phi) is 8.56. The maximum absolute atomic E-state index is 12.8. The average Bonchev–Trinajstić information content (AvgIpc) is 2.83. The van der Waals surface area contributed by atoms with Crippen molar-refractivity contribution in [2.45, 2.75) is 23.5 Å². The van der Waals surface area contributed by atoms with Gasteiger partial charge in [0.1, 0.15) is 5.75 Å². The van der Waals surface area contributed by atoms with Crippen LogP contribution in [0.4, 0.5) is 11.4 Å². The quantitative estimate of drug-likeness (QED) is 0.322. The maximum atomic E-state index is 12.8. The van der Waals surface area contributed by atoms with Crippen molar-refractivity contribution in [3.8, 4) is 5.75 Å². The van der Waals surface area contributed by atoms with Gasteiger partial charge in [0, 0.05) is 21.8 Å². The molecule has 176 valence electrons. The Labute approximate surface area is 206 Å². The number of methoxy groups -OCH3 is 1. The van der Waals surface area contributed by atoms with E-state index in [-0.39, 0.29) is 22.4 Å². The Balaban J connectivity index is 1.67. The van der Waals surface area contributed by atoms with E-state index in [1.807, 2.05) is 13.0 Å². The van der Waals surface area contributed by atoms with Gasteiger partial charge in [0.25, 0.3) is 5.91 Å². The van der Waals surface area contributed by atoms with Gasteiger partial charge < -0.3 is 20.5 Å². The zero-order valence-electron chi connectivity index (χ0n) is 18.5. The van der Waals surface area contributed by atoms with Gasteiger partial charge in [-0.1, -0.05) is 24.6 Å². The highest BCUT2D eigenvalue weighted by Gasteiger charge is 2.19. The molecule has 0 bridgehead atoms. The van der Waals surface area contributed by atoms with E-state index >= 15 is 0 Å². The number of carbonyl (C=O) groups is 3. The number of carboxylic acid groups (broad SMARTS) is 1. The molecule has 1 atom stereocenters. The number of anilines is 2. The van der Waals surface area contributed by atoms with Crippen LogP contribution in [0.5, 0.6) is 5.75 Å². The second kappa shape index (κ2) is 11.6. The van der Waals surface area contributed by atoms with Crippen LogP contribution < -0.4 is 15.4 Å². The maximum Gasteiger partial charge on any atom is 0.337 e. The molecule has 0 fully saturated rings. The largest absolute Gasteiger partial charge is 0.497 e. The van der Waals surface area contributed by atoms with Crippen molar-refractivity contribution in [2.24, 2.45) is 0 Å². The summed E-state index contributed by atoms with van der Waals surface area (Å²) in [4.78, 5) is 37.4. The lowest BCUT2D eigenvalue weighted by atomic mass is 10.2. The number of ether oxygens (including phenoxy) is 1. The first kappa shape index (κ1) is 25.1. The van der Waals surface area contributed by atoms with Gasteiger partial charge >= 0.3 is 5.97 Å². The van der Waals surface area contributed by atoms with Crippen molar-refractivity contribution < 1.29 is 24.2 Å². The zero-order chi connectivity index (χ0) is 24.7. The number of nitrogens with one attached hydrogen (secondary N) is 2. The lowest BCUT2D eigenvalue weighted by Gasteiger charge is -2.16. The lowest BCUT2D eigenvalue weighted by Crippen LogP contribution is -2.24. The highest BCUT2D eigenvalue weighted by Crippen LogP contribution is 2.29.